The van der Waals surface area contributed by atoms with Crippen molar-refractivity contribution in [1.29, 1.82) is 0 Å². The van der Waals surface area contributed by atoms with Crippen LogP contribution in [0.4, 0.5) is 4.39 Å². The number of hydrogen-bond donors (Lipinski definition) is 1. The van der Waals surface area contributed by atoms with Gasteiger partial charge in [0.25, 0.3) is 0 Å². The van der Waals surface area contributed by atoms with E-state index in [1.165, 1.54) is 42.6 Å². The second kappa shape index (κ2) is 19.1. The van der Waals surface area contributed by atoms with Crippen LogP contribution in [-0.2, 0) is 30.9 Å². The molecule has 3 aliphatic heterocycles. The van der Waals surface area contributed by atoms with Gasteiger partial charge in [-0.25, -0.2) is 29.1 Å². The van der Waals surface area contributed by atoms with Crippen LogP contribution in [0, 0.1) is 12.7 Å². The lowest BCUT2D eigenvalue weighted by atomic mass is 9.94. The molecule has 0 spiro atoms. The highest BCUT2D eigenvalue weighted by molar-refractivity contribution is 7.22. The summed E-state index contributed by atoms with van der Waals surface area (Å²) in [6.45, 7) is 9.22. The number of carboxylic acid groups (broad SMARTS) is 1. The molecule has 338 valence electrons. The molecule has 3 aromatic heterocycles. The van der Waals surface area contributed by atoms with Crippen LogP contribution < -0.4 is 14.2 Å². The third-order valence-corrected chi connectivity index (χ3v) is 14.5. The van der Waals surface area contributed by atoms with E-state index < -0.39 is 12.1 Å². The van der Waals surface area contributed by atoms with Gasteiger partial charge in [-0.1, -0.05) is 60.1 Å². The van der Waals surface area contributed by atoms with E-state index in [0.717, 1.165) is 89.1 Å². The van der Waals surface area contributed by atoms with Gasteiger partial charge in [0, 0.05) is 86.5 Å². The van der Waals surface area contributed by atoms with Crippen LogP contribution in [-0.4, -0.2) is 104 Å². The van der Waals surface area contributed by atoms with Crippen molar-refractivity contribution < 1.29 is 28.5 Å². The minimum atomic E-state index is -1.37. The number of nitrogens with zero attached hydrogens (tertiary/aromatic N) is 7. The molecule has 4 bridgehead atoms. The van der Waals surface area contributed by atoms with Gasteiger partial charge in [-0.2, -0.15) is 0 Å². The largest absolute Gasteiger partial charge is 0.496 e. The van der Waals surface area contributed by atoms with Crippen molar-refractivity contribution in [2.75, 3.05) is 46.4 Å². The molecule has 1 aliphatic carbocycles. The summed E-state index contributed by atoms with van der Waals surface area (Å²) in [6, 6.07) is 26.5. The van der Waals surface area contributed by atoms with Crippen LogP contribution >= 0.6 is 22.9 Å². The van der Waals surface area contributed by atoms with Crippen molar-refractivity contribution in [1.82, 2.24) is 34.6 Å². The fraction of sp³-hybridized carbons (Fsp3) is 0.314. The zero-order chi connectivity index (χ0) is 45.3. The zero-order valence-electron chi connectivity index (χ0n) is 36.8. The van der Waals surface area contributed by atoms with Crippen LogP contribution in [0.2, 0.25) is 5.02 Å². The van der Waals surface area contributed by atoms with Crippen molar-refractivity contribution in [3.05, 3.63) is 136 Å². The smallest absolute Gasteiger partial charge is 0.345 e. The van der Waals surface area contributed by atoms with Crippen molar-refractivity contribution in [3.63, 3.8) is 0 Å². The predicted molar refractivity (Wildman–Crippen MR) is 254 cm³/mol. The number of para-hydroxylation sites is 1. The summed E-state index contributed by atoms with van der Waals surface area (Å²) in [4.78, 5) is 40.8. The predicted octanol–water partition coefficient (Wildman–Crippen LogP) is 9.34. The Labute approximate surface area is 391 Å². The zero-order valence-corrected chi connectivity index (χ0v) is 38.3. The lowest BCUT2D eigenvalue weighted by Gasteiger charge is -2.36. The van der Waals surface area contributed by atoms with E-state index in [2.05, 4.69) is 41.8 Å². The van der Waals surface area contributed by atoms with Crippen LogP contribution in [0.3, 0.4) is 0 Å². The molecule has 15 heteroatoms. The number of benzene rings is 4. The number of carbonyl (C=O) groups is 1. The molecule has 2 fully saturated rings. The molecule has 1 atom stereocenters. The van der Waals surface area contributed by atoms with Crippen LogP contribution in [0.15, 0.2) is 97.5 Å². The fourth-order valence-corrected chi connectivity index (χ4v) is 10.5. The van der Waals surface area contributed by atoms with E-state index in [-0.39, 0.29) is 24.7 Å². The van der Waals surface area contributed by atoms with Crippen molar-refractivity contribution >= 4 is 39.1 Å². The van der Waals surface area contributed by atoms with E-state index in [1.807, 2.05) is 49.4 Å². The molecule has 11 rings (SSSR count). The van der Waals surface area contributed by atoms with Gasteiger partial charge in [0.1, 0.15) is 35.1 Å². The third kappa shape index (κ3) is 9.33. The Balaban J connectivity index is 1.04. The minimum Gasteiger partial charge on any atom is -0.496 e. The Kier molecular flexibility index (Phi) is 12.7. The maximum atomic E-state index is 14.3. The number of aliphatic carboxylic acids is 1. The number of thiophene rings is 1. The number of ether oxygens (including phenoxy) is 3. The van der Waals surface area contributed by atoms with E-state index in [9.17, 15) is 14.3 Å². The standard InChI is InChI=1S/C51H49ClFN7O5S/c1-31-39-15-10-34(46(31)52)28-59(20-19-58-21-23-60(24-22-58)38-13-14-38)27-32-7-16-41(64-29-37-17-18-54-48(57-37)40-5-3-4-6-42(40)63-2)35(25-32)26-43(51(61)62)65-49-45-44(39)47(66-50(45)56-30-55-49)33-8-11-36(53)12-9-33/h3-12,15-18,25,30,38,43H,13-14,19-24,26-29H2,1-2H3,(H,61,62)/t43-/m1/s1. The summed E-state index contributed by atoms with van der Waals surface area (Å²) in [6.07, 6.45) is 4.29. The van der Waals surface area contributed by atoms with Gasteiger partial charge in [-0.05, 0) is 89.5 Å². The molecular weight excluding hydrogens is 877 g/mol. The lowest BCUT2D eigenvalue weighted by Crippen LogP contribution is -2.49. The third-order valence-electron chi connectivity index (χ3n) is 12.8. The van der Waals surface area contributed by atoms with Crippen LogP contribution in [0.1, 0.15) is 40.8 Å². The van der Waals surface area contributed by atoms with Gasteiger partial charge in [-0.15, -0.1) is 11.3 Å². The Hall–Kier alpha value is -6.03. The highest BCUT2D eigenvalue weighted by Gasteiger charge is 2.32. The fourth-order valence-electron chi connectivity index (χ4n) is 9.11. The highest BCUT2D eigenvalue weighted by atomic mass is 35.5. The van der Waals surface area contributed by atoms with E-state index in [4.69, 9.17) is 30.8 Å². The highest BCUT2D eigenvalue weighted by Crippen LogP contribution is 2.49. The number of carboxylic acids is 1. The SMILES string of the molecule is COc1ccccc1-c1nccc(COc2ccc3cc2C[C@H](C(=O)O)Oc2ncnc4sc(-c5ccc(F)cc5)c(c24)-c2ccc(c(Cl)c2C)CN(CCN2CCN(C4CC4)CC2)C3)n1. The van der Waals surface area contributed by atoms with E-state index >= 15 is 0 Å². The Morgan fingerprint density at radius 2 is 1.70 bits per heavy atom. The number of piperazine rings is 1. The summed E-state index contributed by atoms with van der Waals surface area (Å²) in [7, 11) is 1.61. The minimum absolute atomic E-state index is 0.0333. The first-order valence-electron chi connectivity index (χ1n) is 22.3. The van der Waals surface area contributed by atoms with E-state index in [0.29, 0.717) is 56.9 Å². The van der Waals surface area contributed by atoms with Gasteiger partial charge < -0.3 is 19.3 Å². The molecule has 0 unspecified atom stereocenters. The molecule has 4 aliphatic rings. The van der Waals surface area contributed by atoms with Crippen molar-refractivity contribution in [2.45, 2.75) is 58.0 Å². The Morgan fingerprint density at radius 1 is 0.894 bits per heavy atom. The number of aromatic nitrogens is 4. The Morgan fingerprint density at radius 3 is 2.48 bits per heavy atom. The first-order valence-corrected chi connectivity index (χ1v) is 23.5. The maximum absolute atomic E-state index is 14.3. The van der Waals surface area contributed by atoms with Gasteiger partial charge in [-0.3, -0.25) is 14.7 Å². The average molecular weight is 927 g/mol. The average Bonchev–Trinajstić information content (AvgIpc) is 4.12. The van der Waals surface area contributed by atoms with Crippen molar-refractivity contribution in [3.8, 4) is 50.3 Å². The lowest BCUT2D eigenvalue weighted by molar-refractivity contribution is -0.145. The van der Waals surface area contributed by atoms with Crippen LogP contribution in [0.5, 0.6) is 17.4 Å². The summed E-state index contributed by atoms with van der Waals surface area (Å²) in [5.41, 5.74) is 7.21. The molecule has 1 saturated carbocycles. The molecular formula is C51H49ClFN7O5S. The Bertz CT molecular complexity index is 2910. The molecule has 4 aromatic carbocycles. The van der Waals surface area contributed by atoms with Crippen molar-refractivity contribution in [2.24, 2.45) is 0 Å². The molecule has 1 N–H and O–H groups in total. The summed E-state index contributed by atoms with van der Waals surface area (Å²) in [5.74, 6) is 0.249. The number of fused-ring (bicyclic) bond motifs is 6. The van der Waals surface area contributed by atoms with Gasteiger partial charge in [0.2, 0.25) is 12.0 Å². The maximum Gasteiger partial charge on any atom is 0.345 e. The molecule has 7 aromatic rings. The quantitative estimate of drug-likeness (QED) is 0.133. The number of methoxy groups -OCH3 is 1. The topological polar surface area (TPSA) is 126 Å². The van der Waals surface area contributed by atoms with Gasteiger partial charge in [0.15, 0.2) is 5.82 Å². The normalized spacial score (nSPS) is 17.2. The number of halogens is 2. The molecule has 1 saturated heterocycles. The molecule has 12 nitrogen and oxygen atoms in total. The van der Waals surface area contributed by atoms with Gasteiger partial charge in [0.05, 0.1) is 23.8 Å². The van der Waals surface area contributed by atoms with Crippen LogP contribution in [0.25, 0.3) is 43.2 Å². The summed E-state index contributed by atoms with van der Waals surface area (Å²) >= 11 is 8.82. The van der Waals surface area contributed by atoms with Gasteiger partial charge >= 0.3 is 5.97 Å². The number of hydrogen-bond acceptors (Lipinski definition) is 12. The molecule has 0 radical (unpaired) electrons. The first-order chi connectivity index (χ1) is 32.2. The molecule has 66 heavy (non-hydrogen) atoms. The molecule has 0 amide bonds. The second-order valence-corrected chi connectivity index (χ2v) is 18.5. The van der Waals surface area contributed by atoms with E-state index in [1.54, 1.807) is 31.5 Å². The number of rotatable bonds is 11. The second-order valence-electron chi connectivity index (χ2n) is 17.2. The summed E-state index contributed by atoms with van der Waals surface area (Å²) < 4.78 is 32.9. The monoisotopic (exact) mass is 925 g/mol. The summed E-state index contributed by atoms with van der Waals surface area (Å²) in [5, 5.41) is 12.1. The molecule has 6 heterocycles. The first kappa shape index (κ1) is 43.8.